The topological polar surface area (TPSA) is 37.3 Å². The predicted octanol–water partition coefficient (Wildman–Crippen LogP) is 4.23. The fourth-order valence-electron chi connectivity index (χ4n) is 3.08. The van der Waals surface area contributed by atoms with Gasteiger partial charge in [0.05, 0.1) is 0 Å². The van der Waals surface area contributed by atoms with Gasteiger partial charge in [0.1, 0.15) is 5.60 Å². The molecule has 0 saturated heterocycles. The van der Waals surface area contributed by atoms with E-state index in [-0.39, 0.29) is 5.78 Å². The van der Waals surface area contributed by atoms with Crippen LogP contribution in [0.1, 0.15) is 42.5 Å². The molecule has 21 heavy (non-hydrogen) atoms. The molecule has 0 bridgehead atoms. The van der Waals surface area contributed by atoms with Crippen molar-refractivity contribution in [1.82, 2.24) is 0 Å². The highest BCUT2D eigenvalue weighted by molar-refractivity contribution is 6.02. The Morgan fingerprint density at radius 2 is 1.38 bits per heavy atom. The Kier molecular flexibility index (Phi) is 3.89. The highest BCUT2D eigenvalue weighted by atomic mass is 16.3. The van der Waals surface area contributed by atoms with Crippen LogP contribution in [0, 0.1) is 0 Å². The molecule has 1 saturated carbocycles. The summed E-state index contributed by atoms with van der Waals surface area (Å²) in [6.45, 7) is 0. The van der Waals surface area contributed by atoms with Crippen molar-refractivity contribution >= 4 is 5.78 Å². The molecular weight excluding hydrogens is 260 g/mol. The van der Waals surface area contributed by atoms with E-state index < -0.39 is 5.60 Å². The van der Waals surface area contributed by atoms with Crippen molar-refractivity contribution in [2.45, 2.75) is 37.7 Å². The number of carbonyl (C=O) groups excluding carboxylic acids is 1. The summed E-state index contributed by atoms with van der Waals surface area (Å²) >= 11 is 0. The van der Waals surface area contributed by atoms with Crippen LogP contribution >= 0.6 is 0 Å². The molecule has 0 amide bonds. The van der Waals surface area contributed by atoms with Crippen LogP contribution in [0.2, 0.25) is 0 Å². The molecular formula is C19H20O2. The van der Waals surface area contributed by atoms with Crippen LogP contribution in [0.3, 0.4) is 0 Å². The van der Waals surface area contributed by atoms with Gasteiger partial charge in [-0.15, -0.1) is 0 Å². The summed E-state index contributed by atoms with van der Waals surface area (Å²) in [5, 5.41) is 10.5. The number of rotatable bonds is 3. The van der Waals surface area contributed by atoms with Crippen LogP contribution in [0.4, 0.5) is 0 Å². The molecule has 3 rings (SSSR count). The third-order valence-corrected chi connectivity index (χ3v) is 4.36. The van der Waals surface area contributed by atoms with E-state index >= 15 is 0 Å². The van der Waals surface area contributed by atoms with Gasteiger partial charge < -0.3 is 5.11 Å². The van der Waals surface area contributed by atoms with Crippen molar-refractivity contribution < 1.29 is 9.90 Å². The van der Waals surface area contributed by atoms with Crippen molar-refractivity contribution in [3.05, 3.63) is 60.2 Å². The van der Waals surface area contributed by atoms with E-state index in [1.54, 1.807) is 0 Å². The zero-order chi connectivity index (χ0) is 14.7. The number of benzene rings is 2. The average molecular weight is 280 g/mol. The molecule has 2 heteroatoms. The lowest BCUT2D eigenvalue weighted by molar-refractivity contribution is 0.0116. The van der Waals surface area contributed by atoms with E-state index in [2.05, 4.69) is 0 Å². The fourth-order valence-corrected chi connectivity index (χ4v) is 3.08. The Morgan fingerprint density at radius 1 is 0.810 bits per heavy atom. The van der Waals surface area contributed by atoms with Gasteiger partial charge in [-0.25, -0.2) is 0 Å². The summed E-state index contributed by atoms with van der Waals surface area (Å²) in [6.07, 6.45) is 4.16. The minimum absolute atomic E-state index is 0.123. The second kappa shape index (κ2) is 5.82. The van der Waals surface area contributed by atoms with Gasteiger partial charge >= 0.3 is 0 Å². The van der Waals surface area contributed by atoms with Crippen LogP contribution in [-0.4, -0.2) is 16.5 Å². The van der Waals surface area contributed by atoms with Crippen LogP contribution in [0.15, 0.2) is 54.6 Å². The van der Waals surface area contributed by atoms with Gasteiger partial charge in [-0.05, 0) is 24.0 Å². The Hall–Kier alpha value is -1.93. The average Bonchev–Trinajstić information content (AvgIpc) is 2.56. The minimum Gasteiger partial charge on any atom is -0.382 e. The zero-order valence-corrected chi connectivity index (χ0v) is 12.1. The Labute approximate surface area is 125 Å². The van der Waals surface area contributed by atoms with Crippen LogP contribution < -0.4 is 0 Å². The summed E-state index contributed by atoms with van der Waals surface area (Å²) in [4.78, 5) is 12.5. The molecule has 1 fully saturated rings. The first-order valence-corrected chi connectivity index (χ1v) is 7.62. The second-order valence-electron chi connectivity index (χ2n) is 5.86. The lowest BCUT2D eigenvalue weighted by Gasteiger charge is -2.30. The Balaban J connectivity index is 1.82. The molecule has 2 nitrogen and oxygen atoms in total. The molecule has 1 N–H and O–H groups in total. The van der Waals surface area contributed by atoms with Crippen molar-refractivity contribution in [3.63, 3.8) is 0 Å². The molecule has 0 unspecified atom stereocenters. The number of hydrogen-bond donors (Lipinski definition) is 1. The number of aliphatic hydroxyl groups is 1. The monoisotopic (exact) mass is 280 g/mol. The van der Waals surface area contributed by atoms with E-state index in [1.165, 1.54) is 0 Å². The molecule has 2 aromatic carbocycles. The quantitative estimate of drug-likeness (QED) is 0.854. The van der Waals surface area contributed by atoms with Crippen LogP contribution in [0.5, 0.6) is 0 Å². The predicted molar refractivity (Wildman–Crippen MR) is 84.2 cm³/mol. The SMILES string of the molecule is O=C(c1ccc(-c2ccccc2)cc1)C1(O)CCCCC1. The molecule has 2 aromatic rings. The van der Waals surface area contributed by atoms with Gasteiger partial charge in [0.2, 0.25) is 0 Å². The molecule has 0 aliphatic heterocycles. The second-order valence-corrected chi connectivity index (χ2v) is 5.86. The van der Waals surface area contributed by atoms with Gasteiger partial charge in [-0.2, -0.15) is 0 Å². The molecule has 108 valence electrons. The van der Waals surface area contributed by atoms with Crippen LogP contribution in [0.25, 0.3) is 11.1 Å². The lowest BCUT2D eigenvalue weighted by Crippen LogP contribution is -2.40. The van der Waals surface area contributed by atoms with E-state index in [9.17, 15) is 9.90 Å². The lowest BCUT2D eigenvalue weighted by atomic mass is 9.79. The van der Waals surface area contributed by atoms with Gasteiger partial charge in [0.25, 0.3) is 0 Å². The molecule has 0 heterocycles. The first kappa shape index (κ1) is 14.0. The van der Waals surface area contributed by atoms with Gasteiger partial charge in [-0.1, -0.05) is 73.9 Å². The first-order valence-electron chi connectivity index (χ1n) is 7.62. The minimum atomic E-state index is -1.15. The number of hydrogen-bond acceptors (Lipinski definition) is 2. The van der Waals surface area contributed by atoms with Gasteiger partial charge in [0.15, 0.2) is 5.78 Å². The third kappa shape index (κ3) is 2.91. The highest BCUT2D eigenvalue weighted by Crippen LogP contribution is 2.31. The van der Waals surface area contributed by atoms with Gasteiger partial charge in [-0.3, -0.25) is 4.79 Å². The third-order valence-electron chi connectivity index (χ3n) is 4.36. The molecule has 0 atom stereocenters. The summed E-state index contributed by atoms with van der Waals surface area (Å²) in [6, 6.07) is 17.6. The summed E-state index contributed by atoms with van der Waals surface area (Å²) in [7, 11) is 0. The Morgan fingerprint density at radius 3 is 2.00 bits per heavy atom. The largest absolute Gasteiger partial charge is 0.382 e. The zero-order valence-electron chi connectivity index (χ0n) is 12.1. The molecule has 0 radical (unpaired) electrons. The molecule has 0 aromatic heterocycles. The molecule has 1 aliphatic rings. The van der Waals surface area contributed by atoms with Crippen molar-refractivity contribution in [3.8, 4) is 11.1 Å². The summed E-state index contributed by atoms with van der Waals surface area (Å²) in [5.41, 5.74) is 1.68. The molecule has 0 spiro atoms. The maximum absolute atomic E-state index is 12.5. The van der Waals surface area contributed by atoms with Gasteiger partial charge in [0, 0.05) is 5.56 Å². The van der Waals surface area contributed by atoms with E-state index in [4.69, 9.17) is 0 Å². The highest BCUT2D eigenvalue weighted by Gasteiger charge is 2.37. The van der Waals surface area contributed by atoms with Crippen molar-refractivity contribution in [2.75, 3.05) is 0 Å². The maximum atomic E-state index is 12.5. The Bertz CT molecular complexity index is 608. The van der Waals surface area contributed by atoms with Crippen molar-refractivity contribution in [1.29, 1.82) is 0 Å². The summed E-state index contributed by atoms with van der Waals surface area (Å²) < 4.78 is 0. The molecule has 1 aliphatic carbocycles. The van der Waals surface area contributed by atoms with E-state index in [0.717, 1.165) is 30.4 Å². The van der Waals surface area contributed by atoms with E-state index in [0.29, 0.717) is 18.4 Å². The smallest absolute Gasteiger partial charge is 0.194 e. The summed E-state index contributed by atoms with van der Waals surface area (Å²) in [5.74, 6) is -0.123. The first-order chi connectivity index (χ1) is 10.2. The number of Topliss-reactive ketones (excluding diaryl/α,β-unsaturated/α-hetero) is 1. The van der Waals surface area contributed by atoms with Crippen LogP contribution in [-0.2, 0) is 0 Å². The number of carbonyl (C=O) groups is 1. The van der Waals surface area contributed by atoms with Crippen molar-refractivity contribution in [2.24, 2.45) is 0 Å². The maximum Gasteiger partial charge on any atom is 0.194 e. The normalized spacial score (nSPS) is 17.4. The number of ketones is 1. The fraction of sp³-hybridized carbons (Fsp3) is 0.316. The standard InChI is InChI=1S/C19H20O2/c20-18(19(21)13-5-2-6-14-19)17-11-9-16(10-12-17)15-7-3-1-4-8-15/h1,3-4,7-12,21H,2,5-6,13-14H2. The van der Waals surface area contributed by atoms with E-state index in [1.807, 2.05) is 54.6 Å².